The molecule has 2 aromatic heterocycles. The van der Waals surface area contributed by atoms with Gasteiger partial charge in [-0.1, -0.05) is 30.3 Å². The lowest BCUT2D eigenvalue weighted by Gasteiger charge is -2.09. The zero-order chi connectivity index (χ0) is 20.4. The van der Waals surface area contributed by atoms with Gasteiger partial charge in [-0.3, -0.25) is 4.79 Å². The normalized spacial score (nSPS) is 11.0. The molecule has 2 heterocycles. The summed E-state index contributed by atoms with van der Waals surface area (Å²) in [6.45, 7) is 2.30. The third kappa shape index (κ3) is 3.62. The third-order valence-corrected chi connectivity index (χ3v) is 4.42. The molecule has 0 unspecified atom stereocenters. The summed E-state index contributed by atoms with van der Waals surface area (Å²) in [5.74, 6) is 0.102. The molecule has 0 aliphatic carbocycles. The summed E-state index contributed by atoms with van der Waals surface area (Å²) in [6.07, 6.45) is 0.606. The molecule has 3 N–H and O–H groups in total. The number of anilines is 1. The molecular weight excluding hydrogens is 375 g/mol. The first kappa shape index (κ1) is 18.5. The maximum absolute atomic E-state index is 13.4. The van der Waals surface area contributed by atoms with Gasteiger partial charge in [0.2, 0.25) is 11.6 Å². The number of hydrogen-bond donors (Lipinski definition) is 2. The highest BCUT2D eigenvalue weighted by atomic mass is 19.1. The summed E-state index contributed by atoms with van der Waals surface area (Å²) in [7, 11) is 0. The molecule has 0 aliphatic heterocycles. The fraction of sp³-hybridized carbons (Fsp3) is 0.150. The van der Waals surface area contributed by atoms with Crippen molar-refractivity contribution in [3.05, 3.63) is 65.1 Å². The molecule has 29 heavy (non-hydrogen) atoms. The lowest BCUT2D eigenvalue weighted by atomic mass is 10.1. The zero-order valence-corrected chi connectivity index (χ0v) is 15.5. The summed E-state index contributed by atoms with van der Waals surface area (Å²) in [5.41, 5.74) is 7.41. The van der Waals surface area contributed by atoms with Crippen LogP contribution in [0.1, 0.15) is 28.5 Å². The number of carbonyl (C=O) groups is 1. The number of fused-ring (bicyclic) bond motifs is 1. The van der Waals surface area contributed by atoms with Crippen LogP contribution in [-0.4, -0.2) is 26.2 Å². The van der Waals surface area contributed by atoms with Gasteiger partial charge in [-0.15, -0.1) is 10.2 Å². The van der Waals surface area contributed by atoms with E-state index >= 15 is 0 Å². The lowest BCUT2D eigenvalue weighted by Crippen LogP contribution is -2.11. The van der Waals surface area contributed by atoms with Crippen LogP contribution in [0.15, 0.2) is 47.0 Å². The number of hydrogen-bond acceptors (Lipinski definition) is 7. The Labute approximate surface area is 164 Å². The fourth-order valence-electron chi connectivity index (χ4n) is 2.98. The molecule has 0 atom stereocenters. The Kier molecular flexibility index (Phi) is 4.86. The van der Waals surface area contributed by atoms with Crippen molar-refractivity contribution in [3.63, 3.8) is 0 Å². The molecule has 0 spiro atoms. The van der Waals surface area contributed by atoms with Crippen LogP contribution in [0.25, 0.3) is 22.5 Å². The van der Waals surface area contributed by atoms with Gasteiger partial charge in [-0.05, 0) is 36.2 Å². The van der Waals surface area contributed by atoms with Crippen LogP contribution >= 0.6 is 0 Å². The number of nitrogens with two attached hydrogens (primary N) is 1. The maximum atomic E-state index is 13.4. The molecule has 2 aromatic carbocycles. The molecule has 0 fully saturated rings. The maximum Gasteiger partial charge on any atom is 0.251 e. The van der Waals surface area contributed by atoms with Crippen molar-refractivity contribution in [2.45, 2.75) is 19.9 Å². The zero-order valence-electron chi connectivity index (χ0n) is 15.5. The summed E-state index contributed by atoms with van der Waals surface area (Å²) in [4.78, 5) is 16.1. The van der Waals surface area contributed by atoms with Gasteiger partial charge in [0, 0.05) is 6.54 Å². The molecule has 146 valence electrons. The van der Waals surface area contributed by atoms with E-state index in [0.717, 1.165) is 5.56 Å². The van der Waals surface area contributed by atoms with E-state index in [1.165, 1.54) is 12.1 Å². The molecular formula is C20H17FN6O2. The minimum Gasteiger partial charge on any atom is -0.366 e. The Balaban J connectivity index is 1.70. The first-order chi connectivity index (χ1) is 14.1. The number of aryl methyl sites for hydroxylation is 1. The van der Waals surface area contributed by atoms with E-state index in [1.54, 1.807) is 24.3 Å². The molecule has 0 radical (unpaired) electrons. The largest absolute Gasteiger partial charge is 0.366 e. The topological polar surface area (TPSA) is 120 Å². The highest BCUT2D eigenvalue weighted by Crippen LogP contribution is 2.29. The Morgan fingerprint density at radius 3 is 2.79 bits per heavy atom. The number of benzene rings is 2. The second-order valence-corrected chi connectivity index (χ2v) is 6.35. The fourth-order valence-corrected chi connectivity index (χ4v) is 2.98. The first-order valence-electron chi connectivity index (χ1n) is 8.97. The number of rotatable bonds is 6. The number of nitrogens with one attached hydrogen (secondary N) is 1. The average molecular weight is 392 g/mol. The van der Waals surface area contributed by atoms with Gasteiger partial charge in [0.15, 0.2) is 5.82 Å². The van der Waals surface area contributed by atoms with E-state index in [1.807, 2.05) is 13.0 Å². The number of halogens is 1. The van der Waals surface area contributed by atoms with Gasteiger partial charge < -0.3 is 15.6 Å². The van der Waals surface area contributed by atoms with Crippen LogP contribution in [0.4, 0.5) is 10.2 Å². The van der Waals surface area contributed by atoms with Crippen molar-refractivity contribution in [2.75, 3.05) is 5.32 Å². The molecule has 4 aromatic rings. The van der Waals surface area contributed by atoms with Crippen molar-refractivity contribution in [1.82, 2.24) is 20.3 Å². The van der Waals surface area contributed by atoms with Crippen molar-refractivity contribution >= 4 is 22.6 Å². The SMILES string of the molecule is CCc1nnc(-c2onc3c(C(N)=O)cccc23)nc1NCc1cccc(F)c1. The Hall–Kier alpha value is -3.88. The van der Waals surface area contributed by atoms with Crippen molar-refractivity contribution in [3.8, 4) is 11.6 Å². The van der Waals surface area contributed by atoms with Crippen molar-refractivity contribution in [1.29, 1.82) is 0 Å². The van der Waals surface area contributed by atoms with Gasteiger partial charge in [-0.2, -0.15) is 0 Å². The molecule has 0 saturated heterocycles. The van der Waals surface area contributed by atoms with Gasteiger partial charge in [0.1, 0.15) is 17.0 Å². The number of aromatic nitrogens is 4. The highest BCUT2D eigenvalue weighted by Gasteiger charge is 2.19. The minimum absolute atomic E-state index is 0.216. The van der Waals surface area contributed by atoms with Crippen LogP contribution in [0, 0.1) is 5.82 Å². The Bertz CT molecular complexity index is 1210. The lowest BCUT2D eigenvalue weighted by molar-refractivity contribution is 0.100. The number of amides is 1. The quantitative estimate of drug-likeness (QED) is 0.517. The molecule has 0 saturated carbocycles. The number of primary amides is 1. The molecule has 4 rings (SSSR count). The van der Waals surface area contributed by atoms with E-state index in [-0.39, 0.29) is 23.0 Å². The van der Waals surface area contributed by atoms with Crippen LogP contribution in [0.2, 0.25) is 0 Å². The van der Waals surface area contributed by atoms with Crippen LogP contribution in [0.5, 0.6) is 0 Å². The highest BCUT2D eigenvalue weighted by molar-refractivity contribution is 6.07. The Morgan fingerprint density at radius 1 is 1.21 bits per heavy atom. The Morgan fingerprint density at radius 2 is 2.03 bits per heavy atom. The predicted octanol–water partition coefficient (Wildman–Crippen LogP) is 3.09. The van der Waals surface area contributed by atoms with Crippen molar-refractivity contribution < 1.29 is 13.7 Å². The van der Waals surface area contributed by atoms with Crippen LogP contribution in [0.3, 0.4) is 0 Å². The number of nitrogens with zero attached hydrogens (tertiary/aromatic N) is 4. The first-order valence-corrected chi connectivity index (χ1v) is 8.97. The van der Waals surface area contributed by atoms with Gasteiger partial charge in [0.05, 0.1) is 10.9 Å². The second-order valence-electron chi connectivity index (χ2n) is 6.35. The third-order valence-electron chi connectivity index (χ3n) is 4.42. The summed E-state index contributed by atoms with van der Waals surface area (Å²) in [5, 5.41) is 16.0. The van der Waals surface area contributed by atoms with Crippen molar-refractivity contribution in [2.24, 2.45) is 5.73 Å². The summed E-state index contributed by atoms with van der Waals surface area (Å²) >= 11 is 0. The molecule has 8 nitrogen and oxygen atoms in total. The monoisotopic (exact) mass is 392 g/mol. The number of carbonyl (C=O) groups excluding carboxylic acids is 1. The second kappa shape index (κ2) is 7.63. The van der Waals surface area contributed by atoms with E-state index in [0.29, 0.717) is 35.4 Å². The standard InChI is InChI=1S/C20H17FN6O2/c1-2-15-19(23-10-11-5-3-6-12(21)9-11)24-20(26-25-15)17-13-7-4-8-14(18(22)28)16(13)27-29-17/h3-9H,2,10H2,1H3,(H2,22,28)(H,23,24,26). The van der Waals surface area contributed by atoms with Crippen LogP contribution < -0.4 is 11.1 Å². The van der Waals surface area contributed by atoms with E-state index in [9.17, 15) is 9.18 Å². The summed E-state index contributed by atoms with van der Waals surface area (Å²) in [6, 6.07) is 11.3. The van der Waals surface area contributed by atoms with Gasteiger partial charge in [-0.25, -0.2) is 9.37 Å². The molecule has 9 heteroatoms. The minimum atomic E-state index is -0.603. The van der Waals surface area contributed by atoms with E-state index in [4.69, 9.17) is 10.3 Å². The molecule has 1 amide bonds. The van der Waals surface area contributed by atoms with Gasteiger partial charge in [0.25, 0.3) is 5.91 Å². The smallest absolute Gasteiger partial charge is 0.251 e. The predicted molar refractivity (Wildman–Crippen MR) is 104 cm³/mol. The van der Waals surface area contributed by atoms with Gasteiger partial charge >= 0.3 is 0 Å². The molecule has 0 bridgehead atoms. The average Bonchev–Trinajstić information content (AvgIpc) is 3.16. The van der Waals surface area contributed by atoms with Crippen LogP contribution in [-0.2, 0) is 13.0 Å². The molecule has 0 aliphatic rings. The summed E-state index contributed by atoms with van der Waals surface area (Å²) < 4.78 is 18.8. The van der Waals surface area contributed by atoms with E-state index in [2.05, 4.69) is 25.7 Å². The van der Waals surface area contributed by atoms with E-state index < -0.39 is 5.91 Å².